The fourth-order valence-electron chi connectivity index (χ4n) is 3.24. The van der Waals surface area contributed by atoms with E-state index in [2.05, 4.69) is 23.7 Å². The van der Waals surface area contributed by atoms with Gasteiger partial charge in [-0.05, 0) is 38.8 Å². The van der Waals surface area contributed by atoms with Crippen LogP contribution in [0.15, 0.2) is 12.7 Å². The fraction of sp³-hybridized carbons (Fsp3) is 0.714. The summed E-state index contributed by atoms with van der Waals surface area (Å²) < 4.78 is 0. The van der Waals surface area contributed by atoms with E-state index in [-0.39, 0.29) is 6.03 Å². The number of nitrogens with zero attached hydrogens (tertiary/aromatic N) is 2. The highest BCUT2D eigenvalue weighted by Gasteiger charge is 2.49. The van der Waals surface area contributed by atoms with Crippen LogP contribution in [-0.4, -0.2) is 53.4 Å². The lowest BCUT2D eigenvalue weighted by atomic mass is 9.88. The Morgan fingerprint density at radius 3 is 2.95 bits per heavy atom. The van der Waals surface area contributed by atoms with Gasteiger partial charge in [0.25, 0.3) is 0 Å². The SMILES string of the molecule is C=CCN1C(=O)NC(=N)C12CCCN(CCC)CC2. The van der Waals surface area contributed by atoms with E-state index in [4.69, 9.17) is 5.41 Å². The minimum absolute atomic E-state index is 0.145. The van der Waals surface area contributed by atoms with E-state index in [0.717, 1.165) is 45.3 Å². The Morgan fingerprint density at radius 2 is 2.26 bits per heavy atom. The molecule has 0 aromatic rings. The van der Waals surface area contributed by atoms with Gasteiger partial charge in [0.15, 0.2) is 0 Å². The molecule has 1 unspecified atom stereocenters. The van der Waals surface area contributed by atoms with Crippen molar-refractivity contribution < 1.29 is 4.79 Å². The lowest BCUT2D eigenvalue weighted by Gasteiger charge is -2.35. The maximum absolute atomic E-state index is 12.0. The minimum Gasteiger partial charge on any atom is -0.308 e. The number of likely N-dealkylation sites (tertiary alicyclic amines) is 1. The Balaban J connectivity index is 2.17. The Kier molecular flexibility index (Phi) is 4.24. The standard InChI is InChI=1S/C14H24N4O/c1-3-8-17-10-5-6-14(7-11-17)12(15)16-13(19)18(14)9-4-2/h4H,2-3,5-11H2,1H3,(H2,15,16,19). The van der Waals surface area contributed by atoms with Crippen molar-refractivity contribution in [1.29, 1.82) is 5.41 Å². The maximum Gasteiger partial charge on any atom is 0.323 e. The van der Waals surface area contributed by atoms with Gasteiger partial charge in [0.05, 0.1) is 0 Å². The third-order valence-electron chi connectivity index (χ3n) is 4.22. The van der Waals surface area contributed by atoms with Crippen LogP contribution in [0.1, 0.15) is 32.6 Å². The van der Waals surface area contributed by atoms with Crippen LogP contribution in [0, 0.1) is 5.41 Å². The molecular formula is C14H24N4O. The molecule has 2 aliphatic rings. The van der Waals surface area contributed by atoms with Gasteiger partial charge >= 0.3 is 6.03 Å². The Morgan fingerprint density at radius 1 is 1.47 bits per heavy atom. The van der Waals surface area contributed by atoms with Crippen LogP contribution in [0.2, 0.25) is 0 Å². The molecule has 106 valence electrons. The summed E-state index contributed by atoms with van der Waals surface area (Å²) in [6.07, 6.45) is 5.65. The zero-order valence-corrected chi connectivity index (χ0v) is 11.7. The maximum atomic E-state index is 12.0. The highest BCUT2D eigenvalue weighted by Crippen LogP contribution is 2.33. The topological polar surface area (TPSA) is 59.4 Å². The van der Waals surface area contributed by atoms with Crippen LogP contribution in [0.25, 0.3) is 0 Å². The molecule has 0 saturated carbocycles. The van der Waals surface area contributed by atoms with E-state index in [0.29, 0.717) is 12.4 Å². The number of nitrogens with one attached hydrogen (secondary N) is 2. The molecular weight excluding hydrogens is 240 g/mol. The first-order valence-electron chi connectivity index (χ1n) is 7.15. The summed E-state index contributed by atoms with van der Waals surface area (Å²) in [5.41, 5.74) is -0.423. The molecule has 2 heterocycles. The Bertz CT molecular complexity index is 382. The first-order chi connectivity index (χ1) is 9.14. The smallest absolute Gasteiger partial charge is 0.308 e. The van der Waals surface area contributed by atoms with Gasteiger partial charge in [-0.1, -0.05) is 13.0 Å². The summed E-state index contributed by atoms with van der Waals surface area (Å²) in [5, 5.41) is 10.9. The monoisotopic (exact) mass is 264 g/mol. The highest BCUT2D eigenvalue weighted by atomic mass is 16.2. The summed E-state index contributed by atoms with van der Waals surface area (Å²) >= 11 is 0. The van der Waals surface area contributed by atoms with E-state index in [1.165, 1.54) is 0 Å². The molecule has 5 heteroatoms. The van der Waals surface area contributed by atoms with Crippen LogP contribution in [0.5, 0.6) is 0 Å². The van der Waals surface area contributed by atoms with Crippen LogP contribution < -0.4 is 5.32 Å². The summed E-state index contributed by atoms with van der Waals surface area (Å²) in [6, 6.07) is -0.145. The third-order valence-corrected chi connectivity index (χ3v) is 4.22. The van der Waals surface area contributed by atoms with Gasteiger partial charge in [0, 0.05) is 13.1 Å². The highest BCUT2D eigenvalue weighted by molar-refractivity contribution is 6.08. The molecule has 2 saturated heterocycles. The predicted molar refractivity (Wildman–Crippen MR) is 76.5 cm³/mol. The molecule has 19 heavy (non-hydrogen) atoms. The van der Waals surface area contributed by atoms with Crippen LogP contribution >= 0.6 is 0 Å². The molecule has 2 rings (SSSR count). The average molecular weight is 264 g/mol. The number of hydrogen-bond donors (Lipinski definition) is 2. The number of amides is 2. The second-order valence-corrected chi connectivity index (χ2v) is 5.43. The van der Waals surface area contributed by atoms with E-state index in [1.807, 2.05) is 0 Å². The molecule has 1 atom stereocenters. The lowest BCUT2D eigenvalue weighted by Crippen LogP contribution is -2.50. The second kappa shape index (κ2) is 5.74. The molecule has 0 aromatic carbocycles. The fourth-order valence-corrected chi connectivity index (χ4v) is 3.24. The number of carbonyl (C=O) groups is 1. The van der Waals surface area contributed by atoms with Crippen LogP contribution in [-0.2, 0) is 0 Å². The molecule has 2 aliphatic heterocycles. The first kappa shape index (κ1) is 14.1. The minimum atomic E-state index is -0.423. The molecule has 0 aliphatic carbocycles. The largest absolute Gasteiger partial charge is 0.323 e. The summed E-state index contributed by atoms with van der Waals surface area (Å²) in [4.78, 5) is 16.2. The number of hydrogen-bond acceptors (Lipinski definition) is 3. The first-order valence-corrected chi connectivity index (χ1v) is 7.15. The van der Waals surface area contributed by atoms with E-state index in [9.17, 15) is 4.79 Å². The Labute approximate surface area is 115 Å². The van der Waals surface area contributed by atoms with Gasteiger partial charge in [-0.25, -0.2) is 4.79 Å². The van der Waals surface area contributed by atoms with Crippen molar-refractivity contribution >= 4 is 11.9 Å². The predicted octanol–water partition coefficient (Wildman–Crippen LogP) is 1.81. The Hall–Kier alpha value is -1.36. The molecule has 2 N–H and O–H groups in total. The number of amidine groups is 1. The normalized spacial score (nSPS) is 28.6. The van der Waals surface area contributed by atoms with Gasteiger partial charge in [0.1, 0.15) is 11.4 Å². The molecule has 2 amide bonds. The van der Waals surface area contributed by atoms with Crippen molar-refractivity contribution in [3.63, 3.8) is 0 Å². The number of rotatable bonds is 4. The zero-order valence-electron chi connectivity index (χ0n) is 11.7. The lowest BCUT2D eigenvalue weighted by molar-refractivity contribution is 0.171. The van der Waals surface area contributed by atoms with Crippen molar-refractivity contribution in [1.82, 2.24) is 15.1 Å². The molecule has 0 radical (unpaired) electrons. The van der Waals surface area contributed by atoms with Crippen molar-refractivity contribution in [3.8, 4) is 0 Å². The molecule has 0 aromatic heterocycles. The van der Waals surface area contributed by atoms with Crippen LogP contribution in [0.3, 0.4) is 0 Å². The third kappa shape index (κ3) is 2.52. The molecule has 1 spiro atoms. The average Bonchev–Trinajstić information content (AvgIpc) is 2.56. The van der Waals surface area contributed by atoms with E-state index in [1.54, 1.807) is 11.0 Å². The zero-order chi connectivity index (χ0) is 13.9. The molecule has 0 bridgehead atoms. The van der Waals surface area contributed by atoms with Crippen molar-refractivity contribution in [2.24, 2.45) is 0 Å². The van der Waals surface area contributed by atoms with Gasteiger partial charge in [-0.3, -0.25) is 10.7 Å². The second-order valence-electron chi connectivity index (χ2n) is 5.43. The number of carbonyl (C=O) groups excluding carboxylic acids is 1. The van der Waals surface area contributed by atoms with Gasteiger partial charge in [0.2, 0.25) is 0 Å². The quantitative estimate of drug-likeness (QED) is 0.761. The van der Waals surface area contributed by atoms with E-state index < -0.39 is 5.54 Å². The van der Waals surface area contributed by atoms with Crippen LogP contribution in [0.4, 0.5) is 4.79 Å². The molecule has 5 nitrogen and oxygen atoms in total. The van der Waals surface area contributed by atoms with Gasteiger partial charge in [-0.2, -0.15) is 0 Å². The van der Waals surface area contributed by atoms with Crippen molar-refractivity contribution in [2.75, 3.05) is 26.2 Å². The van der Waals surface area contributed by atoms with Crippen molar-refractivity contribution in [3.05, 3.63) is 12.7 Å². The van der Waals surface area contributed by atoms with Crippen molar-refractivity contribution in [2.45, 2.75) is 38.1 Å². The summed E-state index contributed by atoms with van der Waals surface area (Å²) in [6.45, 7) is 9.56. The summed E-state index contributed by atoms with van der Waals surface area (Å²) in [7, 11) is 0. The van der Waals surface area contributed by atoms with E-state index >= 15 is 0 Å². The molecule has 2 fully saturated rings. The number of urea groups is 1. The summed E-state index contributed by atoms with van der Waals surface area (Å²) in [5.74, 6) is 0.373. The van der Waals surface area contributed by atoms with Gasteiger partial charge < -0.3 is 9.80 Å². The van der Waals surface area contributed by atoms with Gasteiger partial charge in [-0.15, -0.1) is 6.58 Å².